The van der Waals surface area contributed by atoms with Crippen molar-refractivity contribution in [2.24, 2.45) is 22.9 Å². The van der Waals surface area contributed by atoms with E-state index in [4.69, 9.17) is 24.2 Å². The van der Waals surface area contributed by atoms with Crippen molar-refractivity contribution in [3.8, 4) is 11.5 Å². The van der Waals surface area contributed by atoms with Gasteiger partial charge in [-0.1, -0.05) is 90.8 Å². The molecule has 11 heteroatoms. The number of amides is 2. The van der Waals surface area contributed by atoms with Crippen LogP contribution < -0.4 is 14.8 Å². The Bertz CT molecular complexity index is 2190. The molecule has 3 N–H and O–H groups in total. The van der Waals surface area contributed by atoms with E-state index in [-0.39, 0.29) is 43.5 Å². The molecule has 0 bridgehead atoms. The summed E-state index contributed by atoms with van der Waals surface area (Å²) in [4.78, 5) is 35.5. The van der Waals surface area contributed by atoms with Crippen LogP contribution in [0.2, 0.25) is 0 Å². The van der Waals surface area contributed by atoms with Crippen molar-refractivity contribution in [3.63, 3.8) is 0 Å². The van der Waals surface area contributed by atoms with E-state index in [9.17, 15) is 19.8 Å². The first-order valence-electron chi connectivity index (χ1n) is 21.3. The lowest BCUT2D eigenvalue weighted by molar-refractivity contribution is -0.252. The van der Waals surface area contributed by atoms with Crippen molar-refractivity contribution in [2.75, 3.05) is 33.5 Å². The number of hydrogen-bond acceptors (Lipinski definition) is 9. The van der Waals surface area contributed by atoms with Crippen LogP contribution in [0.5, 0.6) is 11.5 Å². The van der Waals surface area contributed by atoms with Gasteiger partial charge in [-0.2, -0.15) is 0 Å². The van der Waals surface area contributed by atoms with Crippen LogP contribution >= 0.6 is 0 Å². The van der Waals surface area contributed by atoms with E-state index in [2.05, 4.69) is 18.0 Å². The Balaban J connectivity index is 1.36. The Kier molecular flexibility index (Phi) is 14.0. The maximum Gasteiger partial charge on any atom is 0.412 e. The van der Waals surface area contributed by atoms with Gasteiger partial charge in [0.2, 0.25) is 5.79 Å². The second-order valence-corrected chi connectivity index (χ2v) is 15.9. The molecule has 60 heavy (non-hydrogen) atoms. The summed E-state index contributed by atoms with van der Waals surface area (Å²) in [5.41, 5.74) is 4.00. The smallest absolute Gasteiger partial charge is 0.412 e. The molecule has 0 spiro atoms. The molecule has 4 aromatic carbocycles. The van der Waals surface area contributed by atoms with Crippen LogP contribution in [0.4, 0.5) is 4.79 Å². The molecule has 3 aliphatic rings. The molecule has 1 saturated carbocycles. The average Bonchev–Trinajstić information content (AvgIpc) is 3.27. The van der Waals surface area contributed by atoms with Gasteiger partial charge in [-0.05, 0) is 96.7 Å². The molecular formula is C49H57N3O8. The highest BCUT2D eigenvalue weighted by Gasteiger charge is 2.65. The van der Waals surface area contributed by atoms with Crippen molar-refractivity contribution >= 4 is 28.5 Å². The van der Waals surface area contributed by atoms with Gasteiger partial charge in [0.1, 0.15) is 24.1 Å². The van der Waals surface area contributed by atoms with E-state index in [1.54, 1.807) is 24.1 Å². The van der Waals surface area contributed by atoms with Gasteiger partial charge >= 0.3 is 6.09 Å². The first kappa shape index (κ1) is 42.6. The van der Waals surface area contributed by atoms with Crippen molar-refractivity contribution in [1.29, 1.82) is 0 Å². The second-order valence-electron chi connectivity index (χ2n) is 15.9. The highest BCUT2D eigenvalue weighted by Crippen LogP contribution is 2.62. The number of allylic oxidation sites excluding steroid dienone is 1. The number of oxime groups is 1. The average molecular weight is 816 g/mol. The largest absolute Gasteiger partial charge is 0.459 e. The molecule has 2 aliphatic carbocycles. The first-order chi connectivity index (χ1) is 29.3. The van der Waals surface area contributed by atoms with Crippen molar-refractivity contribution in [2.45, 2.75) is 76.2 Å². The third-order valence-electron chi connectivity index (χ3n) is 12.2. The number of unbranched alkanes of at least 4 members (excludes halogenated alkanes) is 2. The zero-order chi connectivity index (χ0) is 42.1. The molecule has 0 radical (unpaired) electrons. The molecule has 0 aromatic heterocycles. The Labute approximate surface area is 352 Å². The topological polar surface area (TPSA) is 139 Å². The van der Waals surface area contributed by atoms with Gasteiger partial charge in [-0.3, -0.25) is 4.79 Å². The van der Waals surface area contributed by atoms with Crippen LogP contribution in [0.25, 0.3) is 10.8 Å². The third kappa shape index (κ3) is 8.99. The number of ether oxygens (including phenoxy) is 3. The quantitative estimate of drug-likeness (QED) is 0.0516. The molecule has 1 fully saturated rings. The van der Waals surface area contributed by atoms with Crippen molar-refractivity contribution in [3.05, 3.63) is 132 Å². The number of hydrogen-bond donors (Lipinski definition) is 3. The van der Waals surface area contributed by atoms with Gasteiger partial charge in [0, 0.05) is 50.3 Å². The minimum atomic E-state index is -1.40. The van der Waals surface area contributed by atoms with Gasteiger partial charge in [-0.25, -0.2) is 4.79 Å². The van der Waals surface area contributed by atoms with E-state index < -0.39 is 23.8 Å². The van der Waals surface area contributed by atoms with Gasteiger partial charge in [0.05, 0.1) is 18.2 Å². The van der Waals surface area contributed by atoms with Crippen molar-refractivity contribution < 1.29 is 38.9 Å². The lowest BCUT2D eigenvalue weighted by atomic mass is 9.55. The molecule has 0 unspecified atom stereocenters. The zero-order valence-corrected chi connectivity index (χ0v) is 34.6. The molecule has 2 amide bonds. The summed E-state index contributed by atoms with van der Waals surface area (Å²) >= 11 is 0. The van der Waals surface area contributed by atoms with E-state index in [0.717, 1.165) is 53.2 Å². The van der Waals surface area contributed by atoms with Crippen LogP contribution in [-0.2, 0) is 16.1 Å². The van der Waals surface area contributed by atoms with Crippen LogP contribution in [0.15, 0.2) is 120 Å². The van der Waals surface area contributed by atoms with E-state index in [1.807, 2.05) is 91.9 Å². The van der Waals surface area contributed by atoms with E-state index in [1.165, 1.54) is 0 Å². The van der Waals surface area contributed by atoms with Gasteiger partial charge in [0.25, 0.3) is 5.91 Å². The predicted octanol–water partition coefficient (Wildman–Crippen LogP) is 8.55. The highest BCUT2D eigenvalue weighted by atomic mass is 16.7. The Morgan fingerprint density at radius 1 is 0.950 bits per heavy atom. The number of fused-ring (bicyclic) bond motifs is 3. The number of carbonyl (C=O) groups is 2. The number of nitrogens with zero attached hydrogens (tertiary/aromatic N) is 2. The standard InChI is InChI=1S/C49H57N3O8/c1-4-27-57-49-44(52(3)47(55)37-22-21-34-17-9-10-18-35(34)28-37)31-42(51-58-5-2)40-29-36(19-11-13-25-53)39(20-12-14-26-54)45(46(40)49)41-30-38(23-24-43(41)60-49)59-48(56)50-32-33-15-7-6-8-16-33/h4,6-10,15-18,21-24,28-30,36,39,44-46,53-54H,1,5,11-14,19-20,25-27,31-32H2,2-3H3,(H,50,56)/t36-,39+,44-,45+,46+,49+/m0/s1. The molecule has 316 valence electrons. The molecular weight excluding hydrogens is 759 g/mol. The Morgan fingerprint density at radius 3 is 2.45 bits per heavy atom. The molecule has 11 nitrogen and oxygen atoms in total. The summed E-state index contributed by atoms with van der Waals surface area (Å²) in [6.45, 7) is 6.89. The molecule has 1 heterocycles. The van der Waals surface area contributed by atoms with Crippen LogP contribution in [0, 0.1) is 17.8 Å². The zero-order valence-electron chi connectivity index (χ0n) is 34.6. The minimum absolute atomic E-state index is 0.0223. The Morgan fingerprint density at radius 2 is 1.70 bits per heavy atom. The summed E-state index contributed by atoms with van der Waals surface area (Å²) in [5, 5.41) is 29.4. The molecule has 4 aromatic rings. The number of likely N-dealkylation sites (N-methyl/N-ethyl adjacent to an activating group) is 1. The lowest BCUT2D eigenvalue weighted by Crippen LogP contribution is -2.69. The monoisotopic (exact) mass is 815 g/mol. The van der Waals surface area contributed by atoms with Gasteiger partial charge in [0.15, 0.2) is 0 Å². The molecule has 1 aliphatic heterocycles. The maximum absolute atomic E-state index is 14.7. The van der Waals surface area contributed by atoms with Gasteiger partial charge in [-0.15, -0.1) is 6.58 Å². The number of benzene rings is 4. The summed E-state index contributed by atoms with van der Waals surface area (Å²) in [5.74, 6) is -1.31. The van der Waals surface area contributed by atoms with Crippen molar-refractivity contribution in [1.82, 2.24) is 10.2 Å². The maximum atomic E-state index is 14.7. The molecule has 7 rings (SSSR count). The van der Waals surface area contributed by atoms with Gasteiger partial charge < -0.3 is 39.5 Å². The Hall–Kier alpha value is -5.49. The fraction of sp³-hybridized carbons (Fsp3) is 0.408. The summed E-state index contributed by atoms with van der Waals surface area (Å²) < 4.78 is 20.2. The second kappa shape index (κ2) is 19.7. The molecule has 6 atom stereocenters. The number of aliphatic hydroxyl groups is 2. The van der Waals surface area contributed by atoms with Crippen LogP contribution in [0.3, 0.4) is 0 Å². The fourth-order valence-electron chi connectivity index (χ4n) is 9.51. The summed E-state index contributed by atoms with van der Waals surface area (Å²) in [6.07, 6.45) is 8.21. The summed E-state index contributed by atoms with van der Waals surface area (Å²) in [6, 6.07) is 28.1. The van der Waals surface area contributed by atoms with Crippen LogP contribution in [-0.4, -0.2) is 78.1 Å². The molecule has 0 saturated heterocycles. The lowest BCUT2D eigenvalue weighted by Gasteiger charge is -2.59. The fourth-order valence-corrected chi connectivity index (χ4v) is 9.51. The highest BCUT2D eigenvalue weighted by molar-refractivity contribution is 6.04. The predicted molar refractivity (Wildman–Crippen MR) is 232 cm³/mol. The first-order valence-corrected chi connectivity index (χ1v) is 21.3. The normalized spacial score (nSPS) is 23.4. The SMILES string of the molecule is C=CCO[C@@]12Oc3ccc(OC(=O)NCc4ccccc4)cc3[C@H]3[C@H](CCCCO)[C@@H](CCCCO)C=C(C(=NOCC)C[C@@H]1N(C)C(=O)c1ccc4ccccc4c1)[C@H]32. The number of rotatable bonds is 18. The number of nitrogens with one attached hydrogen (secondary N) is 1. The van der Waals surface area contributed by atoms with E-state index >= 15 is 0 Å². The summed E-state index contributed by atoms with van der Waals surface area (Å²) in [7, 11) is 1.80. The number of aliphatic hydroxyl groups excluding tert-OH is 2. The number of carbonyl (C=O) groups excluding carboxylic acids is 2. The van der Waals surface area contributed by atoms with Crippen LogP contribution in [0.1, 0.15) is 79.3 Å². The van der Waals surface area contributed by atoms with E-state index in [0.29, 0.717) is 55.2 Å². The minimum Gasteiger partial charge on any atom is -0.459 e. The third-order valence-corrected chi connectivity index (χ3v) is 12.2.